The van der Waals surface area contributed by atoms with Gasteiger partial charge in [0.1, 0.15) is 0 Å². The monoisotopic (exact) mass is 223 g/mol. The van der Waals surface area contributed by atoms with Crippen LogP contribution in [0.2, 0.25) is 0 Å². The van der Waals surface area contributed by atoms with Crippen molar-refractivity contribution >= 4 is 0 Å². The first kappa shape index (κ1) is 11.6. The van der Waals surface area contributed by atoms with Crippen LogP contribution in [0.4, 0.5) is 0 Å². The summed E-state index contributed by atoms with van der Waals surface area (Å²) in [7, 11) is 0. The second-order valence-corrected chi connectivity index (χ2v) is 4.34. The van der Waals surface area contributed by atoms with E-state index in [0.717, 1.165) is 32.7 Å². The molecule has 1 N–H and O–H groups in total. The fraction of sp³-hybridized carbons (Fsp3) is 0.750. The number of hydrogen-bond donors (Lipinski definition) is 1. The van der Waals surface area contributed by atoms with Gasteiger partial charge in [-0.15, -0.1) is 0 Å². The molecule has 4 heteroatoms. The van der Waals surface area contributed by atoms with Gasteiger partial charge in [-0.2, -0.15) is 0 Å². The van der Waals surface area contributed by atoms with Crippen molar-refractivity contribution in [3.05, 3.63) is 18.2 Å². The molecule has 1 aromatic rings. The Hall–Kier alpha value is -0.870. The third kappa shape index (κ3) is 3.06. The number of rotatable bonds is 6. The number of nitrogens with zero attached hydrogens (tertiary/aromatic N) is 2. The van der Waals surface area contributed by atoms with Crippen molar-refractivity contribution in [3.8, 4) is 0 Å². The Labute approximate surface area is 97.0 Å². The van der Waals surface area contributed by atoms with Gasteiger partial charge < -0.3 is 14.6 Å². The van der Waals surface area contributed by atoms with Crippen LogP contribution in [0.3, 0.4) is 0 Å². The summed E-state index contributed by atoms with van der Waals surface area (Å²) in [6, 6.07) is 0. The fourth-order valence-corrected chi connectivity index (χ4v) is 2.10. The molecule has 4 nitrogen and oxygen atoms in total. The molecule has 1 atom stereocenters. The number of aryl methyl sites for hydroxylation is 1. The molecule has 1 aliphatic heterocycles. The van der Waals surface area contributed by atoms with Crippen LogP contribution in [-0.4, -0.2) is 28.8 Å². The third-order valence-corrected chi connectivity index (χ3v) is 2.97. The van der Waals surface area contributed by atoms with E-state index in [9.17, 15) is 0 Å². The molecule has 0 saturated carbocycles. The number of imidazole rings is 1. The first-order chi connectivity index (χ1) is 7.90. The van der Waals surface area contributed by atoms with Gasteiger partial charge >= 0.3 is 0 Å². The van der Waals surface area contributed by atoms with E-state index in [2.05, 4.69) is 21.8 Å². The molecule has 2 heterocycles. The lowest BCUT2D eigenvalue weighted by molar-refractivity contribution is 0.110. The highest BCUT2D eigenvalue weighted by molar-refractivity contribution is 4.97. The first-order valence-electron chi connectivity index (χ1n) is 6.21. The second-order valence-electron chi connectivity index (χ2n) is 4.34. The zero-order chi connectivity index (χ0) is 11.2. The van der Waals surface area contributed by atoms with E-state index in [0.29, 0.717) is 6.10 Å². The third-order valence-electron chi connectivity index (χ3n) is 2.97. The number of aromatic nitrogens is 2. The average Bonchev–Trinajstić information content (AvgIpc) is 2.91. The summed E-state index contributed by atoms with van der Waals surface area (Å²) in [5.41, 5.74) is 1.26. The van der Waals surface area contributed by atoms with Crippen LogP contribution in [0, 0.1) is 0 Å². The van der Waals surface area contributed by atoms with Gasteiger partial charge in [0.05, 0.1) is 18.1 Å². The van der Waals surface area contributed by atoms with Crippen LogP contribution < -0.4 is 5.32 Å². The highest BCUT2D eigenvalue weighted by Crippen LogP contribution is 2.10. The average molecular weight is 223 g/mol. The fourth-order valence-electron chi connectivity index (χ4n) is 2.10. The highest BCUT2D eigenvalue weighted by atomic mass is 16.5. The molecule has 1 fully saturated rings. The Morgan fingerprint density at radius 3 is 3.31 bits per heavy atom. The molecule has 0 amide bonds. The molecular formula is C12H21N3O. The first-order valence-corrected chi connectivity index (χ1v) is 6.21. The molecule has 90 valence electrons. The topological polar surface area (TPSA) is 39.1 Å². The van der Waals surface area contributed by atoms with Crippen molar-refractivity contribution in [3.63, 3.8) is 0 Å². The van der Waals surface area contributed by atoms with Crippen LogP contribution in [0.15, 0.2) is 12.5 Å². The Bertz CT molecular complexity index is 305. The van der Waals surface area contributed by atoms with Crippen molar-refractivity contribution < 1.29 is 4.74 Å². The molecule has 0 aliphatic carbocycles. The highest BCUT2D eigenvalue weighted by Gasteiger charge is 2.14. The SMILES string of the molecule is CCCn1cncc1CNCC1CCCO1. The summed E-state index contributed by atoms with van der Waals surface area (Å²) in [4.78, 5) is 4.18. The van der Waals surface area contributed by atoms with Gasteiger partial charge in [0.2, 0.25) is 0 Å². The van der Waals surface area contributed by atoms with E-state index in [1.807, 2.05) is 12.5 Å². The number of ether oxygens (including phenoxy) is 1. The molecule has 1 aromatic heterocycles. The smallest absolute Gasteiger partial charge is 0.0948 e. The predicted molar refractivity (Wildman–Crippen MR) is 63.2 cm³/mol. The molecule has 0 bridgehead atoms. The lowest BCUT2D eigenvalue weighted by Gasteiger charge is -2.11. The Kier molecular flexibility index (Phi) is 4.36. The Morgan fingerprint density at radius 2 is 2.56 bits per heavy atom. The summed E-state index contributed by atoms with van der Waals surface area (Å²) in [6.45, 7) is 6.01. The maximum absolute atomic E-state index is 5.57. The van der Waals surface area contributed by atoms with Crippen molar-refractivity contribution in [1.29, 1.82) is 0 Å². The van der Waals surface area contributed by atoms with Gasteiger partial charge in [-0.05, 0) is 19.3 Å². The molecule has 0 aromatic carbocycles. The summed E-state index contributed by atoms with van der Waals surface area (Å²) >= 11 is 0. The van der Waals surface area contributed by atoms with Gasteiger partial charge in [-0.1, -0.05) is 6.92 Å². The Balaban J connectivity index is 1.73. The summed E-state index contributed by atoms with van der Waals surface area (Å²) in [5.74, 6) is 0. The van der Waals surface area contributed by atoms with Crippen molar-refractivity contribution in [2.24, 2.45) is 0 Å². The van der Waals surface area contributed by atoms with Crippen LogP contribution >= 0.6 is 0 Å². The molecule has 0 spiro atoms. The number of hydrogen-bond acceptors (Lipinski definition) is 3. The van der Waals surface area contributed by atoms with Gasteiger partial charge in [-0.25, -0.2) is 4.98 Å². The standard InChI is InChI=1S/C12H21N3O/c1-2-5-15-10-14-8-11(15)7-13-9-12-4-3-6-16-12/h8,10,12-13H,2-7,9H2,1H3. The van der Waals surface area contributed by atoms with Crippen molar-refractivity contribution in [2.75, 3.05) is 13.2 Å². The minimum absolute atomic E-state index is 0.419. The quantitative estimate of drug-likeness (QED) is 0.795. The molecule has 1 aliphatic rings. The predicted octanol–water partition coefficient (Wildman–Crippen LogP) is 1.56. The lowest BCUT2D eigenvalue weighted by atomic mass is 10.2. The molecule has 2 rings (SSSR count). The molecule has 1 unspecified atom stereocenters. The van der Waals surface area contributed by atoms with E-state index >= 15 is 0 Å². The van der Waals surface area contributed by atoms with Gasteiger partial charge in [0.15, 0.2) is 0 Å². The van der Waals surface area contributed by atoms with E-state index in [4.69, 9.17) is 4.74 Å². The number of nitrogens with one attached hydrogen (secondary N) is 1. The minimum Gasteiger partial charge on any atom is -0.377 e. The summed E-state index contributed by atoms with van der Waals surface area (Å²) in [6.07, 6.45) is 7.82. The molecule has 0 radical (unpaired) electrons. The van der Waals surface area contributed by atoms with E-state index in [-0.39, 0.29) is 0 Å². The molecular weight excluding hydrogens is 202 g/mol. The van der Waals surface area contributed by atoms with Crippen molar-refractivity contribution in [1.82, 2.24) is 14.9 Å². The maximum atomic E-state index is 5.57. The molecule has 16 heavy (non-hydrogen) atoms. The minimum atomic E-state index is 0.419. The van der Waals surface area contributed by atoms with Gasteiger partial charge in [0, 0.05) is 32.4 Å². The van der Waals surface area contributed by atoms with E-state index < -0.39 is 0 Å². The zero-order valence-corrected chi connectivity index (χ0v) is 9.98. The largest absolute Gasteiger partial charge is 0.377 e. The maximum Gasteiger partial charge on any atom is 0.0948 e. The normalized spacial score (nSPS) is 20.4. The van der Waals surface area contributed by atoms with Gasteiger partial charge in [-0.3, -0.25) is 0 Å². The second kappa shape index (κ2) is 6.01. The Morgan fingerprint density at radius 1 is 1.62 bits per heavy atom. The van der Waals surface area contributed by atoms with Crippen molar-refractivity contribution in [2.45, 2.75) is 45.4 Å². The van der Waals surface area contributed by atoms with Gasteiger partial charge in [0.25, 0.3) is 0 Å². The van der Waals surface area contributed by atoms with Crippen LogP contribution in [0.25, 0.3) is 0 Å². The van der Waals surface area contributed by atoms with E-state index in [1.165, 1.54) is 18.5 Å². The zero-order valence-electron chi connectivity index (χ0n) is 9.98. The summed E-state index contributed by atoms with van der Waals surface area (Å²) < 4.78 is 7.78. The van der Waals surface area contributed by atoms with E-state index in [1.54, 1.807) is 0 Å². The summed E-state index contributed by atoms with van der Waals surface area (Å²) in [5, 5.41) is 3.44. The lowest BCUT2D eigenvalue weighted by Crippen LogP contribution is -2.26. The molecule has 1 saturated heterocycles. The van der Waals surface area contributed by atoms with Crippen LogP contribution in [0.5, 0.6) is 0 Å². The van der Waals surface area contributed by atoms with Crippen LogP contribution in [0.1, 0.15) is 31.9 Å². The van der Waals surface area contributed by atoms with Crippen LogP contribution in [-0.2, 0) is 17.8 Å².